The highest BCUT2D eigenvalue weighted by atomic mass is 16.6. The molecular weight excluding hydrogens is 290 g/mol. The molecular formula is C13H19N5O4. The third-order valence-corrected chi connectivity index (χ3v) is 2.03. The van der Waals surface area contributed by atoms with Gasteiger partial charge in [-0.15, -0.1) is 15.3 Å². The Bertz CT molecular complexity index is 536. The van der Waals surface area contributed by atoms with Crippen LogP contribution in [0.15, 0.2) is 28.9 Å². The number of azo groups is 1. The maximum atomic E-state index is 11.4. The minimum atomic E-state index is -0.802. The van der Waals surface area contributed by atoms with Gasteiger partial charge in [0, 0.05) is 6.07 Å². The topological polar surface area (TPSA) is 121 Å². The Kier molecular flexibility index (Phi) is 6.54. The molecule has 1 amide bonds. The molecule has 22 heavy (non-hydrogen) atoms. The maximum absolute atomic E-state index is 11.4. The molecule has 1 rings (SSSR count). The van der Waals surface area contributed by atoms with Gasteiger partial charge in [0.15, 0.2) is 0 Å². The van der Waals surface area contributed by atoms with Crippen molar-refractivity contribution >= 4 is 11.8 Å². The molecule has 0 aromatic carbocycles. The van der Waals surface area contributed by atoms with Crippen LogP contribution in [0.25, 0.3) is 5.70 Å². The maximum Gasteiger partial charge on any atom is 0.452 e. The number of carbonyl (C=O) groups excluding carboxylic acids is 1. The summed E-state index contributed by atoms with van der Waals surface area (Å²) >= 11 is 0. The number of nitrogens with two attached hydrogens (primary N) is 1. The molecule has 1 aromatic heterocycles. The van der Waals surface area contributed by atoms with E-state index in [9.17, 15) is 4.79 Å². The number of rotatable bonds is 6. The van der Waals surface area contributed by atoms with E-state index < -0.39 is 11.7 Å². The number of hydrogen-bond donors (Lipinski definition) is 1. The lowest BCUT2D eigenvalue weighted by molar-refractivity contribution is 0.0592. The molecule has 0 radical (unpaired) electrons. The van der Waals surface area contributed by atoms with E-state index in [0.29, 0.717) is 11.6 Å². The summed E-state index contributed by atoms with van der Waals surface area (Å²) in [7, 11) is 0. The molecule has 0 aliphatic carbocycles. The van der Waals surface area contributed by atoms with E-state index in [4.69, 9.17) is 15.4 Å². The van der Waals surface area contributed by atoms with Crippen LogP contribution < -0.4 is 10.6 Å². The van der Waals surface area contributed by atoms with Crippen molar-refractivity contribution in [3.63, 3.8) is 0 Å². The van der Waals surface area contributed by atoms with Gasteiger partial charge in [-0.3, -0.25) is 0 Å². The lowest BCUT2D eigenvalue weighted by Crippen LogP contribution is -2.21. The first kappa shape index (κ1) is 17.7. The molecule has 0 aliphatic heterocycles. The van der Waals surface area contributed by atoms with Gasteiger partial charge in [0.05, 0.1) is 0 Å². The third kappa shape index (κ3) is 6.86. The Balaban J connectivity index is 2.57. The minimum absolute atomic E-state index is 0.176. The number of hydrogen-bond acceptors (Lipinski definition) is 8. The normalized spacial score (nSPS) is 11.5. The van der Waals surface area contributed by atoms with E-state index in [-0.39, 0.29) is 18.9 Å². The molecule has 2 N–H and O–H groups in total. The zero-order valence-corrected chi connectivity index (χ0v) is 12.8. The van der Waals surface area contributed by atoms with E-state index in [1.165, 1.54) is 0 Å². The van der Waals surface area contributed by atoms with Crippen LogP contribution in [0.1, 0.15) is 26.5 Å². The quantitative estimate of drug-likeness (QED) is 0.485. The summed E-state index contributed by atoms with van der Waals surface area (Å²) in [6, 6.07) is 3.16. The third-order valence-electron chi connectivity index (χ3n) is 2.03. The van der Waals surface area contributed by atoms with Crippen molar-refractivity contribution < 1.29 is 19.1 Å². The second-order valence-corrected chi connectivity index (χ2v) is 5.10. The molecule has 0 fully saturated rings. The van der Waals surface area contributed by atoms with Crippen molar-refractivity contribution in [2.24, 2.45) is 16.1 Å². The molecule has 0 atom stereocenters. The van der Waals surface area contributed by atoms with Crippen LogP contribution in [-0.2, 0) is 9.57 Å². The summed E-state index contributed by atoms with van der Waals surface area (Å²) in [5, 5.41) is 14.7. The number of carbonyl (C=O) groups is 1. The summed E-state index contributed by atoms with van der Waals surface area (Å²) < 4.78 is 10.2. The molecule has 120 valence electrons. The van der Waals surface area contributed by atoms with Crippen LogP contribution in [0.4, 0.5) is 4.79 Å². The van der Waals surface area contributed by atoms with Crippen molar-refractivity contribution in [3.05, 3.63) is 24.4 Å². The molecule has 0 saturated heterocycles. The Labute approximate surface area is 128 Å². The molecule has 9 nitrogen and oxygen atoms in total. The first-order chi connectivity index (χ1) is 10.3. The molecule has 0 spiro atoms. The Morgan fingerprint density at radius 3 is 2.55 bits per heavy atom. The molecule has 1 aromatic rings. The van der Waals surface area contributed by atoms with E-state index in [1.807, 2.05) is 0 Å². The molecule has 0 aliphatic rings. The molecule has 0 bridgehead atoms. The van der Waals surface area contributed by atoms with Crippen LogP contribution in [0.3, 0.4) is 0 Å². The molecule has 1 heterocycles. The highest BCUT2D eigenvalue weighted by molar-refractivity contribution is 5.69. The Morgan fingerprint density at radius 1 is 1.27 bits per heavy atom. The van der Waals surface area contributed by atoms with E-state index in [2.05, 4.69) is 31.8 Å². The van der Waals surface area contributed by atoms with Gasteiger partial charge in [0.25, 0.3) is 0 Å². The predicted octanol–water partition coefficient (Wildman–Crippen LogP) is 2.10. The van der Waals surface area contributed by atoms with Crippen LogP contribution in [0, 0.1) is 0 Å². The van der Waals surface area contributed by atoms with Gasteiger partial charge in [-0.2, -0.15) is 0 Å². The zero-order valence-electron chi connectivity index (χ0n) is 12.8. The molecule has 9 heteroatoms. The second-order valence-electron chi connectivity index (χ2n) is 5.10. The van der Waals surface area contributed by atoms with Gasteiger partial charge in [-0.05, 0) is 26.8 Å². The highest BCUT2D eigenvalue weighted by Gasteiger charge is 2.15. The van der Waals surface area contributed by atoms with E-state index >= 15 is 0 Å². The Morgan fingerprint density at radius 2 is 2.00 bits per heavy atom. The van der Waals surface area contributed by atoms with Gasteiger partial charge in [0.2, 0.25) is 5.88 Å². The van der Waals surface area contributed by atoms with Crippen molar-refractivity contribution in [1.82, 2.24) is 10.2 Å². The first-order valence-electron chi connectivity index (χ1n) is 6.44. The van der Waals surface area contributed by atoms with Crippen molar-refractivity contribution in [1.29, 1.82) is 0 Å². The summed E-state index contributed by atoms with van der Waals surface area (Å²) in [6.07, 6.45) is -0.802. The van der Waals surface area contributed by atoms with Gasteiger partial charge in [-0.1, -0.05) is 11.7 Å². The summed E-state index contributed by atoms with van der Waals surface area (Å²) in [5.41, 5.74) is -0.103. The summed E-state index contributed by atoms with van der Waals surface area (Å²) in [5.74, 6) is 5.17. The fourth-order valence-electron chi connectivity index (χ4n) is 1.18. The average Bonchev–Trinajstić information content (AvgIpc) is 2.44. The first-order valence-corrected chi connectivity index (χ1v) is 6.44. The smallest absolute Gasteiger partial charge is 0.452 e. The lowest BCUT2D eigenvalue weighted by atomic mass is 10.2. The van der Waals surface area contributed by atoms with E-state index in [0.717, 1.165) is 0 Å². The van der Waals surface area contributed by atoms with Gasteiger partial charge in [0.1, 0.15) is 30.2 Å². The van der Waals surface area contributed by atoms with Gasteiger partial charge >= 0.3 is 6.09 Å². The van der Waals surface area contributed by atoms with Crippen LogP contribution in [0.2, 0.25) is 0 Å². The van der Waals surface area contributed by atoms with Crippen molar-refractivity contribution in [2.45, 2.75) is 26.4 Å². The van der Waals surface area contributed by atoms with Gasteiger partial charge in [-0.25, -0.2) is 10.7 Å². The summed E-state index contributed by atoms with van der Waals surface area (Å²) in [4.78, 5) is 15.7. The predicted molar refractivity (Wildman–Crippen MR) is 77.8 cm³/mol. The fraction of sp³-hybridized carbons (Fsp3) is 0.462. The summed E-state index contributed by atoms with van der Waals surface area (Å²) in [6.45, 7) is 9.33. The van der Waals surface area contributed by atoms with Crippen LogP contribution in [0.5, 0.6) is 5.88 Å². The van der Waals surface area contributed by atoms with E-state index in [1.54, 1.807) is 32.9 Å². The highest BCUT2D eigenvalue weighted by Crippen LogP contribution is 2.14. The number of nitrogens with zero attached hydrogens (tertiary/aromatic N) is 4. The Hall–Kier alpha value is -2.39. The van der Waals surface area contributed by atoms with Crippen molar-refractivity contribution in [3.8, 4) is 5.88 Å². The number of aromatic nitrogens is 2. The average molecular weight is 309 g/mol. The largest absolute Gasteiger partial charge is 0.474 e. The van der Waals surface area contributed by atoms with Crippen LogP contribution >= 0.6 is 0 Å². The lowest BCUT2D eigenvalue weighted by Gasteiger charge is -2.16. The zero-order chi connectivity index (χ0) is 16.6. The monoisotopic (exact) mass is 309 g/mol. The standard InChI is InChI=1S/C13H19N5O4/c1-9(15-18-12(19)22-13(2,3)4)10-5-6-11(17-16-10)20-7-8-21-14/h5-6H,1,7-8,14H2,2-4H3. The second kappa shape index (κ2) is 8.15. The van der Waals surface area contributed by atoms with Crippen LogP contribution in [-0.4, -0.2) is 35.1 Å². The molecule has 0 unspecified atom stereocenters. The molecule has 0 saturated carbocycles. The number of amides is 1. The SMILES string of the molecule is C=C(N=NC(=O)OC(C)(C)C)c1ccc(OCCON)nn1. The van der Waals surface area contributed by atoms with Crippen molar-refractivity contribution in [2.75, 3.05) is 13.2 Å². The minimum Gasteiger partial charge on any atom is -0.474 e. The fourth-order valence-corrected chi connectivity index (χ4v) is 1.18. The number of ether oxygens (including phenoxy) is 2. The van der Waals surface area contributed by atoms with Gasteiger partial charge < -0.3 is 14.3 Å².